The van der Waals surface area contributed by atoms with Gasteiger partial charge in [-0.3, -0.25) is 4.57 Å². The minimum atomic E-state index is -1.70. The Labute approximate surface area is 87.3 Å². The molecule has 0 aromatic carbocycles. The lowest BCUT2D eigenvalue weighted by atomic mass is 9.82. The predicted octanol–water partition coefficient (Wildman–Crippen LogP) is -1.66. The van der Waals surface area contributed by atoms with Crippen molar-refractivity contribution >= 4 is 12.6 Å². The number of hydrogen-bond acceptors (Lipinski definition) is 5. The summed E-state index contributed by atoms with van der Waals surface area (Å²) in [7, 11) is -1.70. The van der Waals surface area contributed by atoms with Crippen LogP contribution in [0, 0.1) is 0 Å². The first-order valence-corrected chi connectivity index (χ1v) is 4.70. The molecule has 1 heterocycles. The number of hydrogen-bond donors (Lipinski definition) is 2. The highest BCUT2D eigenvalue weighted by molar-refractivity contribution is 6.59. The molecule has 2 N–H and O–H groups in total. The van der Waals surface area contributed by atoms with Gasteiger partial charge in [0.25, 0.3) is 0 Å². The van der Waals surface area contributed by atoms with Crippen LogP contribution in [0.3, 0.4) is 0 Å². The van der Waals surface area contributed by atoms with Crippen molar-refractivity contribution in [2.24, 2.45) is 0 Å². The maximum Gasteiger partial charge on any atom is 0.495 e. The Morgan fingerprint density at radius 3 is 2.67 bits per heavy atom. The van der Waals surface area contributed by atoms with Gasteiger partial charge in [-0.1, -0.05) is 0 Å². The monoisotopic (exact) mass is 212 g/mol. The molecule has 0 spiro atoms. The van der Waals surface area contributed by atoms with Crippen LogP contribution in [0.4, 0.5) is 0 Å². The summed E-state index contributed by atoms with van der Waals surface area (Å²) in [5.74, 6) is -0.0257. The van der Waals surface area contributed by atoms with Gasteiger partial charge in [-0.05, 0) is 13.8 Å². The summed E-state index contributed by atoms with van der Waals surface area (Å²) in [6, 6.07) is 0. The highest BCUT2D eigenvalue weighted by atomic mass is 16.5. The van der Waals surface area contributed by atoms with Gasteiger partial charge in [-0.15, -0.1) is 0 Å². The molecule has 0 bridgehead atoms. The van der Waals surface area contributed by atoms with Crippen molar-refractivity contribution in [3.05, 3.63) is 16.7 Å². The fourth-order valence-corrected chi connectivity index (χ4v) is 1.15. The minimum absolute atomic E-state index is 0.0257. The number of aromatic nitrogens is 2. The molecule has 1 aromatic heterocycles. The molecule has 0 amide bonds. The Morgan fingerprint density at radius 2 is 2.20 bits per heavy atom. The third-order valence-electron chi connectivity index (χ3n) is 1.88. The zero-order valence-corrected chi connectivity index (χ0v) is 8.67. The van der Waals surface area contributed by atoms with E-state index in [9.17, 15) is 4.79 Å². The maximum atomic E-state index is 11.3. The summed E-state index contributed by atoms with van der Waals surface area (Å²) >= 11 is 0. The quantitative estimate of drug-likeness (QED) is 0.583. The Morgan fingerprint density at radius 1 is 1.53 bits per heavy atom. The molecule has 7 heteroatoms. The van der Waals surface area contributed by atoms with Crippen LogP contribution in [0.1, 0.15) is 13.8 Å². The van der Waals surface area contributed by atoms with Crippen molar-refractivity contribution in [3.63, 3.8) is 0 Å². The standard InChI is InChI=1S/C8H13BN2O4/c1-3-11-5-6(9(13)14)7(15-4-2)10-8(11)12/h5,13-14H,3-4H2,1-2H3. The molecule has 0 aliphatic rings. The zero-order chi connectivity index (χ0) is 11.4. The molecule has 15 heavy (non-hydrogen) atoms. The molecule has 0 atom stereocenters. The first kappa shape index (κ1) is 11.7. The second-order valence-corrected chi connectivity index (χ2v) is 2.88. The Balaban J connectivity index is 3.25. The van der Waals surface area contributed by atoms with E-state index in [1.807, 2.05) is 0 Å². The second kappa shape index (κ2) is 4.95. The van der Waals surface area contributed by atoms with E-state index >= 15 is 0 Å². The van der Waals surface area contributed by atoms with Crippen LogP contribution < -0.4 is 15.9 Å². The second-order valence-electron chi connectivity index (χ2n) is 2.88. The molecular weight excluding hydrogens is 199 g/mol. The van der Waals surface area contributed by atoms with Gasteiger partial charge in [-0.2, -0.15) is 4.98 Å². The molecule has 1 aromatic rings. The maximum absolute atomic E-state index is 11.3. The molecule has 0 aliphatic carbocycles. The van der Waals surface area contributed by atoms with E-state index in [-0.39, 0.29) is 11.3 Å². The molecule has 0 saturated carbocycles. The number of nitrogens with zero attached hydrogens (tertiary/aromatic N) is 2. The first-order chi connectivity index (χ1) is 7.10. The van der Waals surface area contributed by atoms with Crippen molar-refractivity contribution in [3.8, 4) is 5.88 Å². The summed E-state index contributed by atoms with van der Waals surface area (Å²) in [4.78, 5) is 14.9. The molecule has 0 fully saturated rings. The molecular formula is C8H13BN2O4. The average molecular weight is 212 g/mol. The lowest BCUT2D eigenvalue weighted by molar-refractivity contribution is 0.323. The average Bonchev–Trinajstić information content (AvgIpc) is 2.18. The van der Waals surface area contributed by atoms with E-state index in [1.165, 1.54) is 10.8 Å². The Kier molecular flexibility index (Phi) is 3.87. The van der Waals surface area contributed by atoms with Gasteiger partial charge in [0.1, 0.15) is 0 Å². The number of aryl methyl sites for hydroxylation is 1. The molecule has 0 aliphatic heterocycles. The fraction of sp³-hybridized carbons (Fsp3) is 0.500. The zero-order valence-electron chi connectivity index (χ0n) is 8.67. The smallest absolute Gasteiger partial charge is 0.478 e. The number of ether oxygens (including phenoxy) is 1. The van der Waals surface area contributed by atoms with Gasteiger partial charge >= 0.3 is 12.8 Å². The van der Waals surface area contributed by atoms with Gasteiger partial charge in [0.05, 0.1) is 12.1 Å². The van der Waals surface area contributed by atoms with Gasteiger partial charge in [-0.25, -0.2) is 4.79 Å². The van der Waals surface area contributed by atoms with Crippen LogP contribution in [0.2, 0.25) is 0 Å². The molecule has 82 valence electrons. The summed E-state index contributed by atoms with van der Waals surface area (Å²) in [5, 5.41) is 18.1. The molecule has 0 unspecified atom stereocenters. The third-order valence-corrected chi connectivity index (χ3v) is 1.88. The van der Waals surface area contributed by atoms with Crippen molar-refractivity contribution in [1.82, 2.24) is 9.55 Å². The van der Waals surface area contributed by atoms with Gasteiger partial charge < -0.3 is 14.8 Å². The summed E-state index contributed by atoms with van der Waals surface area (Å²) in [6.45, 7) is 4.21. The van der Waals surface area contributed by atoms with E-state index in [4.69, 9.17) is 14.8 Å². The van der Waals surface area contributed by atoms with E-state index < -0.39 is 12.8 Å². The van der Waals surface area contributed by atoms with Crippen LogP contribution in [-0.2, 0) is 6.54 Å². The SMILES string of the molecule is CCOc1nc(=O)n(CC)cc1B(O)O. The van der Waals surface area contributed by atoms with E-state index in [2.05, 4.69) is 4.98 Å². The summed E-state index contributed by atoms with van der Waals surface area (Å²) < 4.78 is 6.31. The van der Waals surface area contributed by atoms with Crippen LogP contribution in [0.25, 0.3) is 0 Å². The Hall–Kier alpha value is -1.34. The summed E-state index contributed by atoms with van der Waals surface area (Å²) in [6.07, 6.45) is 1.34. The molecule has 1 rings (SSSR count). The lowest BCUT2D eigenvalue weighted by Gasteiger charge is -2.10. The molecule has 0 radical (unpaired) electrons. The van der Waals surface area contributed by atoms with Crippen LogP contribution in [0.5, 0.6) is 5.88 Å². The molecule has 6 nitrogen and oxygen atoms in total. The topological polar surface area (TPSA) is 84.6 Å². The van der Waals surface area contributed by atoms with Crippen LogP contribution in [0.15, 0.2) is 11.0 Å². The highest BCUT2D eigenvalue weighted by Gasteiger charge is 2.20. The first-order valence-electron chi connectivity index (χ1n) is 4.70. The van der Waals surface area contributed by atoms with Gasteiger partial charge in [0.2, 0.25) is 5.88 Å². The van der Waals surface area contributed by atoms with E-state index in [0.717, 1.165) is 0 Å². The predicted molar refractivity (Wildman–Crippen MR) is 55.2 cm³/mol. The van der Waals surface area contributed by atoms with Crippen molar-refractivity contribution in [1.29, 1.82) is 0 Å². The van der Waals surface area contributed by atoms with Crippen molar-refractivity contribution < 1.29 is 14.8 Å². The summed E-state index contributed by atoms with van der Waals surface area (Å²) in [5.41, 5.74) is -0.372. The Bertz CT molecular complexity index is 391. The minimum Gasteiger partial charge on any atom is -0.478 e. The van der Waals surface area contributed by atoms with Crippen LogP contribution in [-0.4, -0.2) is 33.3 Å². The van der Waals surface area contributed by atoms with Crippen LogP contribution >= 0.6 is 0 Å². The highest BCUT2D eigenvalue weighted by Crippen LogP contribution is 1.99. The van der Waals surface area contributed by atoms with Gasteiger partial charge in [0, 0.05) is 12.7 Å². The fourth-order valence-electron chi connectivity index (χ4n) is 1.15. The van der Waals surface area contributed by atoms with Gasteiger partial charge in [0.15, 0.2) is 0 Å². The lowest BCUT2D eigenvalue weighted by Crippen LogP contribution is -2.38. The normalized spacial score (nSPS) is 10.1. The van der Waals surface area contributed by atoms with Crippen molar-refractivity contribution in [2.75, 3.05) is 6.61 Å². The van der Waals surface area contributed by atoms with Crippen molar-refractivity contribution in [2.45, 2.75) is 20.4 Å². The van der Waals surface area contributed by atoms with E-state index in [0.29, 0.717) is 13.2 Å². The largest absolute Gasteiger partial charge is 0.495 e. The third kappa shape index (κ3) is 2.57. The number of rotatable bonds is 4. The molecule has 0 saturated heterocycles. The van der Waals surface area contributed by atoms with E-state index in [1.54, 1.807) is 13.8 Å².